The number of nitrogens with one attached hydrogen (secondary N) is 3. The lowest BCUT2D eigenvalue weighted by Gasteiger charge is -2.28. The number of rotatable bonds is 29. The van der Waals surface area contributed by atoms with Crippen molar-refractivity contribution in [3.63, 3.8) is 0 Å². The Bertz CT molecular complexity index is 920. The molecule has 11 heteroatoms. The van der Waals surface area contributed by atoms with Gasteiger partial charge >= 0.3 is 11.9 Å². The third kappa shape index (κ3) is 22.3. The fraction of sp³-hybridized carbons (Fsp3) is 0.833. The summed E-state index contributed by atoms with van der Waals surface area (Å²) in [6, 6.07) is -2.30. The fourth-order valence-corrected chi connectivity index (χ4v) is 6.16. The van der Waals surface area contributed by atoms with Gasteiger partial charge < -0.3 is 31.0 Å². The first kappa shape index (κ1) is 42.0. The van der Waals surface area contributed by atoms with E-state index in [9.17, 15) is 33.9 Å². The minimum absolute atomic E-state index is 0.0776. The van der Waals surface area contributed by atoms with E-state index in [1.165, 1.54) is 90.4 Å². The second-order valence-corrected chi connectivity index (χ2v) is 13.4. The summed E-state index contributed by atoms with van der Waals surface area (Å²) < 4.78 is 0. The van der Waals surface area contributed by atoms with Crippen LogP contribution in [0.1, 0.15) is 161 Å². The Hall–Kier alpha value is -2.98. The largest absolute Gasteiger partial charge is 0.480 e. The van der Waals surface area contributed by atoms with E-state index < -0.39 is 29.9 Å². The zero-order valence-electron chi connectivity index (χ0n) is 28.9. The number of unbranched alkanes of at least 4 members (excludes halogenated alkanes) is 16. The molecule has 0 spiro atoms. The summed E-state index contributed by atoms with van der Waals surface area (Å²) in [4.78, 5) is 69.7. The first-order valence-corrected chi connectivity index (χ1v) is 18.4. The summed E-state index contributed by atoms with van der Waals surface area (Å²) in [5.41, 5.74) is 0. The zero-order valence-corrected chi connectivity index (χ0v) is 28.9. The van der Waals surface area contributed by atoms with E-state index in [-0.39, 0.29) is 30.6 Å². The molecule has 47 heavy (non-hydrogen) atoms. The summed E-state index contributed by atoms with van der Waals surface area (Å²) in [5.74, 6) is -3.29. The van der Waals surface area contributed by atoms with E-state index in [1.54, 1.807) is 0 Å². The van der Waals surface area contributed by atoms with Crippen LogP contribution in [0.15, 0.2) is 0 Å². The number of carboxylic acid groups (broad SMARTS) is 2. The number of carboxylic acids is 2. The molecular weight excluding hydrogens is 602 g/mol. The molecule has 0 bridgehead atoms. The van der Waals surface area contributed by atoms with Gasteiger partial charge in [-0.3, -0.25) is 19.2 Å². The van der Waals surface area contributed by atoms with Gasteiger partial charge in [0.1, 0.15) is 18.4 Å². The molecule has 0 aliphatic heterocycles. The van der Waals surface area contributed by atoms with Crippen LogP contribution in [0.2, 0.25) is 0 Å². The van der Waals surface area contributed by atoms with Crippen LogP contribution in [-0.4, -0.2) is 64.8 Å². The number of carbonyl (C=O) groups excluding carboxylic acids is 4. The van der Waals surface area contributed by atoms with Crippen LogP contribution in [0.25, 0.3) is 0 Å². The quantitative estimate of drug-likeness (QED) is 0.0472. The van der Waals surface area contributed by atoms with Gasteiger partial charge in [-0.15, -0.1) is 0 Å². The molecule has 3 amide bonds. The van der Waals surface area contributed by atoms with Crippen LogP contribution in [0.5, 0.6) is 0 Å². The van der Waals surface area contributed by atoms with Crippen molar-refractivity contribution in [2.24, 2.45) is 11.8 Å². The third-order valence-electron chi connectivity index (χ3n) is 9.30. The predicted molar refractivity (Wildman–Crippen MR) is 182 cm³/mol. The Balaban J connectivity index is 2.02. The van der Waals surface area contributed by atoms with Gasteiger partial charge in [0.15, 0.2) is 0 Å². The van der Waals surface area contributed by atoms with Crippen molar-refractivity contribution >= 4 is 35.9 Å². The maximum Gasteiger partial charge on any atom is 0.326 e. The number of hydrogen-bond donors (Lipinski definition) is 5. The van der Waals surface area contributed by atoms with E-state index in [4.69, 9.17) is 5.11 Å². The highest BCUT2D eigenvalue weighted by Gasteiger charge is 2.30. The van der Waals surface area contributed by atoms with Gasteiger partial charge in [-0.1, -0.05) is 89.9 Å². The topological polar surface area (TPSA) is 179 Å². The molecule has 1 aliphatic rings. The highest BCUT2D eigenvalue weighted by molar-refractivity contribution is 5.86. The maximum absolute atomic E-state index is 12.7. The molecule has 11 nitrogen and oxygen atoms in total. The van der Waals surface area contributed by atoms with Crippen molar-refractivity contribution in [1.29, 1.82) is 0 Å². The minimum Gasteiger partial charge on any atom is -0.480 e. The highest BCUT2D eigenvalue weighted by Crippen LogP contribution is 2.29. The molecule has 270 valence electrons. The normalized spacial score (nSPS) is 17.3. The van der Waals surface area contributed by atoms with Crippen molar-refractivity contribution < 1.29 is 39.0 Å². The van der Waals surface area contributed by atoms with Gasteiger partial charge in [0.25, 0.3) is 0 Å². The maximum atomic E-state index is 12.7. The molecule has 1 aliphatic carbocycles. The first-order chi connectivity index (χ1) is 22.6. The lowest BCUT2D eigenvalue weighted by molar-refractivity contribution is -0.143. The van der Waals surface area contributed by atoms with Crippen LogP contribution >= 0.6 is 0 Å². The van der Waals surface area contributed by atoms with Crippen LogP contribution < -0.4 is 16.0 Å². The van der Waals surface area contributed by atoms with Crippen LogP contribution in [-0.2, 0) is 28.8 Å². The van der Waals surface area contributed by atoms with Crippen molar-refractivity contribution in [3.05, 3.63) is 0 Å². The predicted octanol–water partition coefficient (Wildman–Crippen LogP) is 6.07. The number of amides is 3. The summed E-state index contributed by atoms with van der Waals surface area (Å²) in [6.07, 6.45) is 24.4. The van der Waals surface area contributed by atoms with Gasteiger partial charge in [0.2, 0.25) is 17.7 Å². The molecule has 5 N–H and O–H groups in total. The van der Waals surface area contributed by atoms with Gasteiger partial charge in [-0.2, -0.15) is 0 Å². The van der Waals surface area contributed by atoms with Crippen LogP contribution in [0.3, 0.4) is 0 Å². The van der Waals surface area contributed by atoms with E-state index in [0.717, 1.165) is 38.4 Å². The molecule has 0 aromatic carbocycles. The molecule has 0 saturated heterocycles. The summed E-state index contributed by atoms with van der Waals surface area (Å²) in [7, 11) is 0. The van der Waals surface area contributed by atoms with Crippen molar-refractivity contribution in [1.82, 2.24) is 16.0 Å². The van der Waals surface area contributed by atoms with Gasteiger partial charge in [-0.25, -0.2) is 4.79 Å². The summed E-state index contributed by atoms with van der Waals surface area (Å²) in [6.45, 7) is 1.91. The standard InChI is InChI=1S/C36H63N3O8/c1-28(35(44)45)38-33(42)25-24-31(36(46)47)39-34(43)30-22-20-29(21-23-30)27-37-32(41)19-17-15-13-11-9-7-5-3-2-4-6-8-10-12-14-16-18-26-40/h26,28-31H,2-25,27H2,1H3,(H,37,41)(H,38,42)(H,39,43)(H,44,45)(H,46,47). The lowest BCUT2D eigenvalue weighted by atomic mass is 9.81. The van der Waals surface area contributed by atoms with Crippen molar-refractivity contribution in [3.8, 4) is 0 Å². The third-order valence-corrected chi connectivity index (χ3v) is 9.30. The average Bonchev–Trinajstić information content (AvgIpc) is 3.05. The summed E-state index contributed by atoms with van der Waals surface area (Å²) in [5, 5.41) is 26.2. The van der Waals surface area contributed by atoms with E-state index >= 15 is 0 Å². The van der Waals surface area contributed by atoms with Crippen molar-refractivity contribution in [2.75, 3.05) is 6.54 Å². The Kier molecular flexibility index (Phi) is 24.2. The molecule has 0 radical (unpaired) electrons. The van der Waals surface area contributed by atoms with Crippen molar-refractivity contribution in [2.45, 2.75) is 173 Å². The fourth-order valence-electron chi connectivity index (χ4n) is 6.16. The molecule has 0 aromatic rings. The second kappa shape index (κ2) is 27.0. The molecule has 2 atom stereocenters. The van der Waals surface area contributed by atoms with E-state index in [2.05, 4.69) is 16.0 Å². The first-order valence-electron chi connectivity index (χ1n) is 18.4. The zero-order chi connectivity index (χ0) is 34.7. The highest BCUT2D eigenvalue weighted by atomic mass is 16.4. The number of aldehydes is 1. The Labute approximate surface area is 282 Å². The van der Waals surface area contributed by atoms with Gasteiger partial charge in [-0.05, 0) is 57.8 Å². The molecule has 0 aromatic heterocycles. The van der Waals surface area contributed by atoms with Crippen LogP contribution in [0.4, 0.5) is 0 Å². The van der Waals surface area contributed by atoms with Crippen LogP contribution in [0, 0.1) is 11.8 Å². The molecule has 1 fully saturated rings. The SMILES string of the molecule is CC(NC(=O)CCC(NC(=O)C1CCC(CNC(=O)CCCCCCCCCCCCCCCCCCC=O)CC1)C(=O)O)C(=O)O. The molecule has 0 heterocycles. The van der Waals surface area contributed by atoms with Gasteiger partial charge in [0, 0.05) is 31.7 Å². The number of aliphatic carboxylic acids is 2. The molecular formula is C36H63N3O8. The second-order valence-electron chi connectivity index (χ2n) is 13.4. The Morgan fingerprint density at radius 3 is 1.60 bits per heavy atom. The van der Waals surface area contributed by atoms with E-state index in [1.807, 2.05) is 0 Å². The lowest BCUT2D eigenvalue weighted by Crippen LogP contribution is -2.45. The monoisotopic (exact) mass is 665 g/mol. The number of hydrogen-bond acceptors (Lipinski definition) is 6. The van der Waals surface area contributed by atoms with Gasteiger partial charge in [0.05, 0.1) is 0 Å². The molecule has 2 unspecified atom stereocenters. The van der Waals surface area contributed by atoms with E-state index in [0.29, 0.717) is 38.1 Å². The average molecular weight is 666 g/mol. The summed E-state index contributed by atoms with van der Waals surface area (Å²) >= 11 is 0. The molecule has 1 rings (SSSR count). The minimum atomic E-state index is -1.24. The Morgan fingerprint density at radius 1 is 0.638 bits per heavy atom. The Morgan fingerprint density at radius 2 is 1.13 bits per heavy atom. The molecule has 1 saturated carbocycles. The number of carbonyl (C=O) groups is 6. The smallest absolute Gasteiger partial charge is 0.326 e.